The number of nitrogens with zero attached hydrogens (tertiary/aromatic N) is 2. The van der Waals surface area contributed by atoms with Crippen LogP contribution in [0.3, 0.4) is 0 Å². The Kier molecular flexibility index (Phi) is 4.08. The van der Waals surface area contributed by atoms with Crippen LogP contribution in [-0.2, 0) is 6.42 Å². The molecule has 7 heteroatoms. The molecule has 2 aromatic rings. The van der Waals surface area contributed by atoms with Crippen LogP contribution in [-0.4, -0.2) is 11.3 Å². The molecule has 108 valence electrons. The first-order valence-corrected chi connectivity index (χ1v) is 5.77. The Morgan fingerprint density at radius 1 is 1.24 bits per heavy atom. The minimum absolute atomic E-state index is 0.0595. The summed E-state index contributed by atoms with van der Waals surface area (Å²) in [4.78, 5) is 3.75. The molecule has 0 radical (unpaired) electrons. The predicted octanol–water partition coefficient (Wildman–Crippen LogP) is 3.85. The summed E-state index contributed by atoms with van der Waals surface area (Å²) in [6.07, 6.45) is -4.18. The number of rotatable bonds is 3. The van der Waals surface area contributed by atoms with E-state index in [9.17, 15) is 17.6 Å². The van der Waals surface area contributed by atoms with Gasteiger partial charge in [-0.05, 0) is 18.2 Å². The summed E-state index contributed by atoms with van der Waals surface area (Å²) in [6, 6.07) is 8.41. The lowest BCUT2D eigenvalue weighted by Crippen LogP contribution is -2.17. The van der Waals surface area contributed by atoms with Crippen LogP contribution in [0.2, 0.25) is 0 Å². The average Bonchev–Trinajstić information content (AvgIpc) is 2.40. The second-order valence-corrected chi connectivity index (χ2v) is 4.04. The van der Waals surface area contributed by atoms with E-state index in [1.807, 2.05) is 0 Å². The fraction of sp³-hybridized carbons (Fsp3) is 0.143. The highest BCUT2D eigenvalue weighted by molar-refractivity contribution is 5.67. The number of benzene rings is 1. The van der Waals surface area contributed by atoms with Gasteiger partial charge in [0.15, 0.2) is 0 Å². The lowest BCUT2D eigenvalue weighted by atomic mass is 10.1. The normalized spacial score (nSPS) is 11.0. The first-order chi connectivity index (χ1) is 9.90. The van der Waals surface area contributed by atoms with E-state index in [0.29, 0.717) is 0 Å². The predicted molar refractivity (Wildman–Crippen MR) is 65.6 cm³/mol. The van der Waals surface area contributed by atoms with Crippen LogP contribution >= 0.6 is 0 Å². The average molecular weight is 296 g/mol. The second-order valence-electron chi connectivity index (χ2n) is 4.04. The van der Waals surface area contributed by atoms with E-state index in [4.69, 9.17) is 5.26 Å². The molecule has 0 aliphatic heterocycles. The van der Waals surface area contributed by atoms with Crippen molar-refractivity contribution < 1.29 is 22.3 Å². The monoisotopic (exact) mass is 296 g/mol. The molecular formula is C14H8F4N2O. The van der Waals surface area contributed by atoms with Gasteiger partial charge in [-0.3, -0.25) is 4.98 Å². The van der Waals surface area contributed by atoms with Crippen LogP contribution in [0.1, 0.15) is 5.56 Å². The number of aromatic nitrogens is 1. The van der Waals surface area contributed by atoms with Gasteiger partial charge in [0.05, 0.1) is 24.4 Å². The van der Waals surface area contributed by atoms with Crippen molar-refractivity contribution in [2.45, 2.75) is 12.8 Å². The molecule has 0 amide bonds. The molecule has 0 fully saturated rings. The molecule has 3 nitrogen and oxygen atoms in total. The van der Waals surface area contributed by atoms with Gasteiger partial charge in [0.1, 0.15) is 11.6 Å². The highest BCUT2D eigenvalue weighted by atomic mass is 19.4. The van der Waals surface area contributed by atoms with Gasteiger partial charge in [-0.15, -0.1) is 13.2 Å². The van der Waals surface area contributed by atoms with E-state index < -0.39 is 17.9 Å². The molecule has 0 spiro atoms. The standard InChI is InChI=1S/C14H8F4N2O/c15-11-8-20-12(7-9(11)5-6-19)10-3-1-2-4-13(10)21-14(16,17)18/h1-4,7-8H,5H2. The van der Waals surface area contributed by atoms with E-state index >= 15 is 0 Å². The van der Waals surface area contributed by atoms with Crippen molar-refractivity contribution in [1.82, 2.24) is 4.98 Å². The Bertz CT molecular complexity index is 692. The molecule has 21 heavy (non-hydrogen) atoms. The van der Waals surface area contributed by atoms with Gasteiger partial charge >= 0.3 is 6.36 Å². The second kappa shape index (κ2) is 5.79. The maximum absolute atomic E-state index is 13.4. The Morgan fingerprint density at radius 2 is 1.95 bits per heavy atom. The van der Waals surface area contributed by atoms with Crippen molar-refractivity contribution >= 4 is 0 Å². The maximum atomic E-state index is 13.4. The number of hydrogen-bond donors (Lipinski definition) is 0. The third kappa shape index (κ3) is 3.69. The summed E-state index contributed by atoms with van der Waals surface area (Å²) in [5.41, 5.74) is 0.222. The smallest absolute Gasteiger partial charge is 0.405 e. The zero-order chi connectivity index (χ0) is 15.5. The lowest BCUT2D eigenvalue weighted by molar-refractivity contribution is -0.274. The van der Waals surface area contributed by atoms with E-state index in [2.05, 4.69) is 9.72 Å². The van der Waals surface area contributed by atoms with Crippen molar-refractivity contribution in [3.63, 3.8) is 0 Å². The van der Waals surface area contributed by atoms with E-state index in [1.165, 1.54) is 24.3 Å². The number of para-hydroxylation sites is 1. The Morgan fingerprint density at radius 3 is 2.62 bits per heavy atom. The zero-order valence-corrected chi connectivity index (χ0v) is 10.5. The number of alkyl halides is 3. The molecule has 2 rings (SSSR count). The molecule has 1 aromatic carbocycles. The third-order valence-corrected chi connectivity index (χ3v) is 2.59. The highest BCUT2D eigenvalue weighted by Gasteiger charge is 2.32. The Hall–Kier alpha value is -2.62. The number of pyridine rings is 1. The maximum Gasteiger partial charge on any atom is 0.573 e. The minimum atomic E-state index is -4.84. The molecule has 0 bridgehead atoms. The molecule has 0 unspecified atom stereocenters. The van der Waals surface area contributed by atoms with E-state index in [0.717, 1.165) is 12.3 Å². The number of hydrogen-bond acceptors (Lipinski definition) is 3. The van der Waals surface area contributed by atoms with Crippen molar-refractivity contribution in [3.8, 4) is 23.1 Å². The summed E-state index contributed by atoms with van der Waals surface area (Å²) in [5.74, 6) is -1.12. The molecule has 0 atom stereocenters. The summed E-state index contributed by atoms with van der Waals surface area (Å²) in [7, 11) is 0. The van der Waals surface area contributed by atoms with Gasteiger partial charge in [0.2, 0.25) is 0 Å². The van der Waals surface area contributed by atoms with Crippen LogP contribution < -0.4 is 4.74 Å². The molecule has 0 saturated carbocycles. The molecule has 1 heterocycles. The molecule has 0 aliphatic carbocycles. The van der Waals surface area contributed by atoms with Crippen LogP contribution in [0.15, 0.2) is 36.5 Å². The van der Waals surface area contributed by atoms with Crippen molar-refractivity contribution in [1.29, 1.82) is 5.26 Å². The van der Waals surface area contributed by atoms with Crippen LogP contribution in [0.25, 0.3) is 11.3 Å². The van der Waals surface area contributed by atoms with Gasteiger partial charge in [0.25, 0.3) is 0 Å². The van der Waals surface area contributed by atoms with Crippen LogP contribution in [0.4, 0.5) is 17.6 Å². The van der Waals surface area contributed by atoms with Gasteiger partial charge in [0, 0.05) is 11.1 Å². The number of nitriles is 1. The molecule has 1 aromatic heterocycles. The Labute approximate surface area is 117 Å². The molecule has 0 aliphatic rings. The molecule has 0 N–H and O–H groups in total. The van der Waals surface area contributed by atoms with Crippen molar-refractivity contribution in [3.05, 3.63) is 47.9 Å². The SMILES string of the molecule is N#CCc1cc(-c2ccccc2OC(F)(F)F)ncc1F. The molecular weight excluding hydrogens is 288 g/mol. The fourth-order valence-corrected chi connectivity index (χ4v) is 1.74. The minimum Gasteiger partial charge on any atom is -0.405 e. The van der Waals surface area contributed by atoms with Gasteiger partial charge in [-0.1, -0.05) is 12.1 Å². The highest BCUT2D eigenvalue weighted by Crippen LogP contribution is 2.33. The summed E-state index contributed by atoms with van der Waals surface area (Å²) >= 11 is 0. The van der Waals surface area contributed by atoms with Gasteiger partial charge in [-0.25, -0.2) is 4.39 Å². The zero-order valence-electron chi connectivity index (χ0n) is 10.5. The van der Waals surface area contributed by atoms with Crippen LogP contribution in [0.5, 0.6) is 5.75 Å². The van der Waals surface area contributed by atoms with Crippen molar-refractivity contribution in [2.24, 2.45) is 0 Å². The lowest BCUT2D eigenvalue weighted by Gasteiger charge is -2.13. The quantitative estimate of drug-likeness (QED) is 0.808. The third-order valence-electron chi connectivity index (χ3n) is 2.59. The van der Waals surface area contributed by atoms with E-state index in [-0.39, 0.29) is 23.2 Å². The molecule has 0 saturated heterocycles. The van der Waals surface area contributed by atoms with Gasteiger partial charge in [-0.2, -0.15) is 5.26 Å². The topological polar surface area (TPSA) is 45.9 Å². The van der Waals surface area contributed by atoms with E-state index in [1.54, 1.807) is 6.07 Å². The van der Waals surface area contributed by atoms with Gasteiger partial charge < -0.3 is 4.74 Å². The number of ether oxygens (including phenoxy) is 1. The first-order valence-electron chi connectivity index (χ1n) is 5.77. The largest absolute Gasteiger partial charge is 0.573 e. The Balaban J connectivity index is 2.47. The first kappa shape index (κ1) is 14.8. The number of halogens is 4. The van der Waals surface area contributed by atoms with Crippen molar-refractivity contribution in [2.75, 3.05) is 0 Å². The fourth-order valence-electron chi connectivity index (χ4n) is 1.74. The summed E-state index contributed by atoms with van der Waals surface area (Å²) in [6.45, 7) is 0. The van der Waals surface area contributed by atoms with Crippen LogP contribution in [0, 0.1) is 17.1 Å². The summed E-state index contributed by atoms with van der Waals surface area (Å²) in [5, 5.41) is 8.60. The summed E-state index contributed by atoms with van der Waals surface area (Å²) < 4.78 is 54.4.